The third kappa shape index (κ3) is 3.28. The molecule has 132 valence electrons. The lowest BCUT2D eigenvalue weighted by atomic mass is 10.2. The van der Waals surface area contributed by atoms with Crippen LogP contribution in [-0.4, -0.2) is 39.9 Å². The van der Waals surface area contributed by atoms with Crippen LogP contribution < -0.4 is 11.1 Å². The Hall–Kier alpha value is -3.22. The van der Waals surface area contributed by atoms with Gasteiger partial charge < -0.3 is 16.0 Å². The van der Waals surface area contributed by atoms with E-state index < -0.39 is 0 Å². The fraction of sp³-hybridized carbons (Fsp3) is 0.211. The maximum absolute atomic E-state index is 13.2. The van der Waals surface area contributed by atoms with Crippen LogP contribution >= 0.6 is 0 Å². The number of halogens is 1. The van der Waals surface area contributed by atoms with Crippen LogP contribution in [0.5, 0.6) is 0 Å². The molecule has 1 atom stereocenters. The largest absolute Gasteiger partial charge is 0.399 e. The summed E-state index contributed by atoms with van der Waals surface area (Å²) in [5.41, 5.74) is 7.61. The van der Waals surface area contributed by atoms with Crippen LogP contribution in [0.4, 0.5) is 16.0 Å². The van der Waals surface area contributed by atoms with E-state index in [1.165, 1.54) is 12.1 Å². The topological polar surface area (TPSA) is 84.1 Å². The highest BCUT2D eigenvalue weighted by atomic mass is 19.1. The first-order valence-corrected chi connectivity index (χ1v) is 8.42. The summed E-state index contributed by atoms with van der Waals surface area (Å²) < 4.78 is 13.2. The van der Waals surface area contributed by atoms with Crippen molar-refractivity contribution >= 4 is 28.4 Å². The first-order valence-electron chi connectivity index (χ1n) is 8.42. The normalized spacial score (nSPS) is 16.8. The van der Waals surface area contributed by atoms with Crippen LogP contribution in [0.25, 0.3) is 10.9 Å². The molecule has 3 N–H and O–H groups in total. The highest BCUT2D eigenvalue weighted by Crippen LogP contribution is 2.19. The summed E-state index contributed by atoms with van der Waals surface area (Å²) in [6.45, 7) is 1.24. The number of nitrogens with one attached hydrogen (secondary N) is 1. The van der Waals surface area contributed by atoms with Gasteiger partial charge in [-0.2, -0.15) is 0 Å². The molecule has 0 saturated carbocycles. The van der Waals surface area contributed by atoms with Crippen molar-refractivity contribution in [2.45, 2.75) is 12.5 Å². The molecule has 2 aromatic carbocycles. The van der Waals surface area contributed by atoms with Crippen LogP contribution in [0.3, 0.4) is 0 Å². The van der Waals surface area contributed by atoms with Gasteiger partial charge in [-0.25, -0.2) is 14.4 Å². The molecular weight excluding hydrogens is 333 g/mol. The fourth-order valence-electron chi connectivity index (χ4n) is 3.13. The van der Waals surface area contributed by atoms with Gasteiger partial charge in [0.05, 0.1) is 5.52 Å². The van der Waals surface area contributed by atoms with Crippen LogP contribution in [0, 0.1) is 5.82 Å². The number of carbonyl (C=O) groups excluding carboxylic acids is 1. The summed E-state index contributed by atoms with van der Waals surface area (Å²) in [4.78, 5) is 23.0. The molecule has 1 aliphatic rings. The Kier molecular flexibility index (Phi) is 4.12. The predicted molar refractivity (Wildman–Crippen MR) is 98.3 cm³/mol. The third-order valence-electron chi connectivity index (χ3n) is 4.51. The van der Waals surface area contributed by atoms with Crippen molar-refractivity contribution in [1.29, 1.82) is 0 Å². The van der Waals surface area contributed by atoms with E-state index in [1.807, 2.05) is 0 Å². The van der Waals surface area contributed by atoms with Crippen molar-refractivity contribution in [3.63, 3.8) is 0 Å². The van der Waals surface area contributed by atoms with Gasteiger partial charge >= 0.3 is 0 Å². The highest BCUT2D eigenvalue weighted by Gasteiger charge is 2.27. The van der Waals surface area contributed by atoms with Crippen molar-refractivity contribution < 1.29 is 9.18 Å². The molecule has 6 nitrogen and oxygen atoms in total. The van der Waals surface area contributed by atoms with E-state index in [2.05, 4.69) is 15.3 Å². The standard InChI is InChI=1S/C19H18FN5O/c20-14-3-6-17-13(9-14)10-22-19(24-17)23-16-7-8-25(11-16)18(26)12-1-4-15(21)5-2-12/h1-6,9-10,16H,7-8,11,21H2,(H,22,23,24)/t16-/m1/s1. The molecule has 1 saturated heterocycles. The minimum atomic E-state index is -0.311. The number of rotatable bonds is 3. The summed E-state index contributed by atoms with van der Waals surface area (Å²) >= 11 is 0. The van der Waals surface area contributed by atoms with Crippen LogP contribution in [0.1, 0.15) is 16.8 Å². The summed E-state index contributed by atoms with van der Waals surface area (Å²) in [7, 11) is 0. The van der Waals surface area contributed by atoms with Gasteiger partial charge in [0.25, 0.3) is 5.91 Å². The van der Waals surface area contributed by atoms with E-state index in [-0.39, 0.29) is 17.8 Å². The number of likely N-dealkylation sites (tertiary alicyclic amines) is 1. The molecule has 1 aliphatic heterocycles. The zero-order chi connectivity index (χ0) is 18.1. The number of carbonyl (C=O) groups is 1. The SMILES string of the molecule is Nc1ccc(C(=O)N2CC[C@@H](Nc3ncc4cc(F)ccc4n3)C2)cc1. The number of hydrogen-bond acceptors (Lipinski definition) is 5. The molecule has 1 amide bonds. The molecule has 26 heavy (non-hydrogen) atoms. The maximum atomic E-state index is 13.2. The van der Waals surface area contributed by atoms with Gasteiger partial charge in [-0.1, -0.05) is 0 Å². The molecule has 1 aromatic heterocycles. The smallest absolute Gasteiger partial charge is 0.253 e. The van der Waals surface area contributed by atoms with Crippen LogP contribution in [0.15, 0.2) is 48.7 Å². The number of aromatic nitrogens is 2. The number of nitrogens with zero attached hydrogens (tertiary/aromatic N) is 3. The Morgan fingerprint density at radius 3 is 2.85 bits per heavy atom. The predicted octanol–water partition coefficient (Wildman–Crippen LogP) is 2.68. The van der Waals surface area contributed by atoms with Gasteiger partial charge in [-0.05, 0) is 48.9 Å². The average molecular weight is 351 g/mol. The second-order valence-electron chi connectivity index (χ2n) is 6.40. The van der Waals surface area contributed by atoms with Crippen molar-refractivity contribution in [3.05, 3.63) is 60.0 Å². The van der Waals surface area contributed by atoms with E-state index in [9.17, 15) is 9.18 Å². The van der Waals surface area contributed by atoms with Gasteiger partial charge in [0.15, 0.2) is 0 Å². The molecule has 7 heteroatoms. The maximum Gasteiger partial charge on any atom is 0.253 e. The molecule has 0 aliphatic carbocycles. The van der Waals surface area contributed by atoms with Gasteiger partial charge in [0.1, 0.15) is 5.82 Å². The zero-order valence-electron chi connectivity index (χ0n) is 14.0. The molecule has 1 fully saturated rings. The minimum absolute atomic E-state index is 0.01000. The van der Waals surface area contributed by atoms with Crippen molar-refractivity contribution in [3.8, 4) is 0 Å². The molecule has 2 heterocycles. The van der Waals surface area contributed by atoms with Gasteiger partial charge in [-0.3, -0.25) is 4.79 Å². The van der Waals surface area contributed by atoms with Crippen LogP contribution in [0.2, 0.25) is 0 Å². The summed E-state index contributed by atoms with van der Waals surface area (Å²) in [6, 6.07) is 11.4. The Balaban J connectivity index is 1.43. The lowest BCUT2D eigenvalue weighted by molar-refractivity contribution is 0.0791. The fourth-order valence-corrected chi connectivity index (χ4v) is 3.13. The molecule has 4 rings (SSSR count). The first kappa shape index (κ1) is 16.3. The molecule has 0 spiro atoms. The number of amides is 1. The van der Waals surface area contributed by atoms with Gasteiger partial charge in [0, 0.05) is 42.0 Å². The average Bonchev–Trinajstić information content (AvgIpc) is 3.10. The Labute approximate surface area is 149 Å². The summed E-state index contributed by atoms with van der Waals surface area (Å²) in [6.07, 6.45) is 2.41. The monoisotopic (exact) mass is 351 g/mol. The summed E-state index contributed by atoms with van der Waals surface area (Å²) in [5, 5.41) is 3.92. The number of hydrogen-bond donors (Lipinski definition) is 2. The lowest BCUT2D eigenvalue weighted by Crippen LogP contribution is -2.31. The van der Waals surface area contributed by atoms with E-state index in [0.29, 0.717) is 41.2 Å². The van der Waals surface area contributed by atoms with E-state index in [4.69, 9.17) is 5.73 Å². The Morgan fingerprint density at radius 2 is 2.04 bits per heavy atom. The minimum Gasteiger partial charge on any atom is -0.399 e. The number of nitrogens with two attached hydrogens (primary N) is 1. The number of benzene rings is 2. The third-order valence-corrected chi connectivity index (χ3v) is 4.51. The molecule has 0 unspecified atom stereocenters. The molecule has 0 bridgehead atoms. The quantitative estimate of drug-likeness (QED) is 0.709. The van der Waals surface area contributed by atoms with Gasteiger partial charge in [-0.15, -0.1) is 0 Å². The molecular formula is C19H18FN5O. The van der Waals surface area contributed by atoms with Crippen molar-refractivity contribution in [1.82, 2.24) is 14.9 Å². The number of anilines is 2. The molecule has 0 radical (unpaired) electrons. The van der Waals surface area contributed by atoms with Crippen LogP contribution in [-0.2, 0) is 0 Å². The van der Waals surface area contributed by atoms with E-state index in [0.717, 1.165) is 6.42 Å². The Bertz CT molecular complexity index is 960. The zero-order valence-corrected chi connectivity index (χ0v) is 14.0. The number of fused-ring (bicyclic) bond motifs is 1. The highest BCUT2D eigenvalue weighted by molar-refractivity contribution is 5.94. The number of nitrogen functional groups attached to an aromatic ring is 1. The Morgan fingerprint density at radius 1 is 1.23 bits per heavy atom. The summed E-state index contributed by atoms with van der Waals surface area (Å²) in [5.74, 6) is 0.162. The van der Waals surface area contributed by atoms with Crippen molar-refractivity contribution in [2.24, 2.45) is 0 Å². The lowest BCUT2D eigenvalue weighted by Gasteiger charge is -2.17. The van der Waals surface area contributed by atoms with Gasteiger partial charge in [0.2, 0.25) is 5.95 Å². The van der Waals surface area contributed by atoms with E-state index in [1.54, 1.807) is 41.4 Å². The first-order chi connectivity index (χ1) is 12.6. The second kappa shape index (κ2) is 6.59. The second-order valence-corrected chi connectivity index (χ2v) is 6.40. The molecule has 3 aromatic rings. The van der Waals surface area contributed by atoms with E-state index >= 15 is 0 Å². The van der Waals surface area contributed by atoms with Crippen molar-refractivity contribution in [2.75, 3.05) is 24.1 Å².